The van der Waals surface area contributed by atoms with Crippen molar-refractivity contribution in [3.63, 3.8) is 0 Å². The van der Waals surface area contributed by atoms with Gasteiger partial charge in [-0.25, -0.2) is 9.78 Å². The monoisotopic (exact) mass is 333 g/mol. The van der Waals surface area contributed by atoms with Crippen LogP contribution in [0, 0.1) is 0 Å². The van der Waals surface area contributed by atoms with Crippen molar-refractivity contribution < 1.29 is 9.90 Å². The van der Waals surface area contributed by atoms with Crippen molar-refractivity contribution in [2.75, 3.05) is 0 Å². The molecule has 7 nitrogen and oxygen atoms in total. The van der Waals surface area contributed by atoms with Crippen LogP contribution in [0.5, 0.6) is 0 Å². The van der Waals surface area contributed by atoms with E-state index in [1.807, 2.05) is 24.3 Å². The van der Waals surface area contributed by atoms with Crippen molar-refractivity contribution in [2.24, 2.45) is 0 Å². The molecule has 0 unspecified atom stereocenters. The van der Waals surface area contributed by atoms with Gasteiger partial charge in [-0.05, 0) is 35.0 Å². The quantitative estimate of drug-likeness (QED) is 0.766. The molecule has 3 rings (SSSR count). The zero-order chi connectivity index (χ0) is 15.5. The third kappa shape index (κ3) is 3.00. The summed E-state index contributed by atoms with van der Waals surface area (Å²) >= 11 is 2.28. The molecule has 0 aliphatic carbocycles. The molecule has 0 spiro atoms. The molecule has 2 heterocycles. The highest BCUT2D eigenvalue weighted by atomic mass is 32.2. The second kappa shape index (κ2) is 6.24. The first kappa shape index (κ1) is 14.7. The standard InChI is InChI=1S/C13H11N5O2S2/c1-2-8-5-3-4-6-9(8)18-16-12(15-17-18)22-13-14-7-10(21-13)11(19)20/h3-7H,2H2,1H3,(H,19,20). The number of nitrogens with zero attached hydrogens (tertiary/aromatic N) is 5. The van der Waals surface area contributed by atoms with E-state index >= 15 is 0 Å². The normalized spacial score (nSPS) is 10.8. The fourth-order valence-electron chi connectivity index (χ4n) is 1.83. The highest BCUT2D eigenvalue weighted by Gasteiger charge is 2.13. The molecule has 9 heteroatoms. The number of aromatic carboxylic acids is 1. The van der Waals surface area contributed by atoms with Crippen LogP contribution in [0.15, 0.2) is 40.0 Å². The predicted octanol–water partition coefficient (Wildman–Crippen LogP) is 2.53. The van der Waals surface area contributed by atoms with Crippen LogP contribution in [-0.2, 0) is 6.42 Å². The number of thiazole rings is 1. The van der Waals surface area contributed by atoms with Crippen molar-refractivity contribution in [2.45, 2.75) is 22.8 Å². The van der Waals surface area contributed by atoms with Crippen molar-refractivity contribution in [1.82, 2.24) is 25.2 Å². The smallest absolute Gasteiger partial charge is 0.347 e. The number of carboxylic acid groups (broad SMARTS) is 1. The summed E-state index contributed by atoms with van der Waals surface area (Å²) in [4.78, 5) is 16.5. The fraction of sp³-hybridized carbons (Fsp3) is 0.154. The second-order valence-electron chi connectivity index (χ2n) is 4.24. The topological polar surface area (TPSA) is 93.8 Å². The molecule has 0 aliphatic heterocycles. The van der Waals surface area contributed by atoms with Gasteiger partial charge in [-0.3, -0.25) is 0 Å². The highest BCUT2D eigenvalue weighted by Crippen LogP contribution is 2.28. The molecular formula is C13H11N5O2S2. The molecule has 22 heavy (non-hydrogen) atoms. The molecule has 0 bridgehead atoms. The van der Waals surface area contributed by atoms with E-state index in [9.17, 15) is 4.79 Å². The van der Waals surface area contributed by atoms with E-state index in [0.29, 0.717) is 9.50 Å². The van der Waals surface area contributed by atoms with E-state index < -0.39 is 5.97 Å². The first-order valence-corrected chi connectivity index (χ1v) is 8.06. The summed E-state index contributed by atoms with van der Waals surface area (Å²) in [6, 6.07) is 7.84. The number of aromatic nitrogens is 5. The Morgan fingerprint density at radius 3 is 2.95 bits per heavy atom. The minimum Gasteiger partial charge on any atom is -0.477 e. The predicted molar refractivity (Wildman–Crippen MR) is 81.7 cm³/mol. The Morgan fingerprint density at radius 1 is 1.41 bits per heavy atom. The first-order valence-electron chi connectivity index (χ1n) is 6.42. The lowest BCUT2D eigenvalue weighted by Gasteiger charge is -2.04. The highest BCUT2D eigenvalue weighted by molar-refractivity contribution is 8.00. The minimum absolute atomic E-state index is 0.186. The maximum atomic E-state index is 10.8. The Hall–Kier alpha value is -2.26. The zero-order valence-electron chi connectivity index (χ0n) is 11.5. The molecule has 0 aliphatic rings. The Kier molecular flexibility index (Phi) is 4.16. The molecule has 0 saturated heterocycles. The van der Waals surface area contributed by atoms with Crippen LogP contribution >= 0.6 is 23.1 Å². The summed E-state index contributed by atoms with van der Waals surface area (Å²) in [5, 5.41) is 21.7. The van der Waals surface area contributed by atoms with E-state index in [1.54, 1.807) is 0 Å². The average molecular weight is 333 g/mol. The van der Waals surface area contributed by atoms with Crippen molar-refractivity contribution in [3.05, 3.63) is 40.9 Å². The van der Waals surface area contributed by atoms with Gasteiger partial charge in [-0.2, -0.15) is 0 Å². The van der Waals surface area contributed by atoms with Crippen LogP contribution in [0.25, 0.3) is 5.69 Å². The van der Waals surface area contributed by atoms with E-state index in [1.165, 1.54) is 22.8 Å². The van der Waals surface area contributed by atoms with E-state index in [2.05, 4.69) is 27.3 Å². The van der Waals surface area contributed by atoms with E-state index in [4.69, 9.17) is 5.11 Å². The van der Waals surface area contributed by atoms with E-state index in [-0.39, 0.29) is 4.88 Å². The Bertz CT molecular complexity index is 814. The number of aryl methyl sites for hydroxylation is 1. The number of carboxylic acids is 1. The first-order chi connectivity index (χ1) is 10.7. The molecule has 3 aromatic rings. The molecular weight excluding hydrogens is 322 g/mol. The van der Waals surface area contributed by atoms with Crippen molar-refractivity contribution >= 4 is 29.1 Å². The Labute approximate surface area is 134 Å². The van der Waals surface area contributed by atoms with Crippen LogP contribution < -0.4 is 0 Å². The summed E-state index contributed by atoms with van der Waals surface area (Å²) in [6.07, 6.45) is 2.20. The second-order valence-corrected chi connectivity index (χ2v) is 6.49. The van der Waals surface area contributed by atoms with Crippen LogP contribution in [0.2, 0.25) is 0 Å². The minimum atomic E-state index is -0.988. The lowest BCUT2D eigenvalue weighted by molar-refractivity contribution is 0.0702. The lowest BCUT2D eigenvalue weighted by atomic mass is 10.1. The van der Waals surface area contributed by atoms with Gasteiger partial charge in [0.25, 0.3) is 0 Å². The van der Waals surface area contributed by atoms with Crippen molar-refractivity contribution in [1.29, 1.82) is 0 Å². The third-order valence-electron chi connectivity index (χ3n) is 2.86. The van der Waals surface area contributed by atoms with Gasteiger partial charge in [-0.1, -0.05) is 25.1 Å². The number of para-hydroxylation sites is 1. The average Bonchev–Trinajstić information content (AvgIpc) is 3.17. The molecule has 2 aromatic heterocycles. The zero-order valence-corrected chi connectivity index (χ0v) is 13.1. The molecule has 0 atom stereocenters. The molecule has 0 radical (unpaired) electrons. The summed E-state index contributed by atoms with van der Waals surface area (Å²) in [5.74, 6) is -0.988. The number of rotatable bonds is 5. The van der Waals surface area contributed by atoms with Gasteiger partial charge in [0, 0.05) is 0 Å². The number of hydrogen-bond acceptors (Lipinski definition) is 7. The number of tetrazole rings is 1. The largest absolute Gasteiger partial charge is 0.477 e. The van der Waals surface area contributed by atoms with Gasteiger partial charge >= 0.3 is 5.97 Å². The van der Waals surface area contributed by atoms with Gasteiger partial charge in [-0.15, -0.1) is 26.3 Å². The van der Waals surface area contributed by atoms with Gasteiger partial charge < -0.3 is 5.11 Å². The van der Waals surface area contributed by atoms with Crippen molar-refractivity contribution in [3.8, 4) is 5.69 Å². The maximum Gasteiger partial charge on any atom is 0.347 e. The van der Waals surface area contributed by atoms with Crippen LogP contribution in [0.3, 0.4) is 0 Å². The number of hydrogen-bond donors (Lipinski definition) is 1. The van der Waals surface area contributed by atoms with Gasteiger partial charge in [0.1, 0.15) is 4.88 Å². The molecule has 112 valence electrons. The van der Waals surface area contributed by atoms with Gasteiger partial charge in [0.05, 0.1) is 11.9 Å². The van der Waals surface area contributed by atoms with Crippen LogP contribution in [0.1, 0.15) is 22.2 Å². The summed E-state index contributed by atoms with van der Waals surface area (Å²) in [7, 11) is 0. The summed E-state index contributed by atoms with van der Waals surface area (Å²) in [6.45, 7) is 2.06. The number of carbonyl (C=O) groups is 1. The van der Waals surface area contributed by atoms with Crippen LogP contribution in [0.4, 0.5) is 0 Å². The Balaban J connectivity index is 1.82. The molecule has 0 saturated carbocycles. The summed E-state index contributed by atoms with van der Waals surface area (Å²) in [5.41, 5.74) is 2.01. The Morgan fingerprint density at radius 2 is 2.23 bits per heavy atom. The van der Waals surface area contributed by atoms with Crippen LogP contribution in [-0.4, -0.2) is 36.3 Å². The number of benzene rings is 1. The van der Waals surface area contributed by atoms with Gasteiger partial charge in [0.15, 0.2) is 4.34 Å². The van der Waals surface area contributed by atoms with E-state index in [0.717, 1.165) is 29.0 Å². The molecule has 0 amide bonds. The lowest BCUT2D eigenvalue weighted by Crippen LogP contribution is -2.02. The maximum absolute atomic E-state index is 10.8. The molecule has 0 fully saturated rings. The molecule has 1 aromatic carbocycles. The molecule has 1 N–H and O–H groups in total. The van der Waals surface area contributed by atoms with Gasteiger partial charge in [0.2, 0.25) is 5.16 Å². The third-order valence-corrected chi connectivity index (χ3v) is 4.76. The fourth-order valence-corrected chi connectivity index (χ4v) is 3.43. The summed E-state index contributed by atoms with van der Waals surface area (Å²) < 4.78 is 0.570. The SMILES string of the molecule is CCc1ccccc1-n1nnc(Sc2ncc(C(=O)O)s2)n1.